The molecule has 0 radical (unpaired) electrons. The van der Waals surface area contributed by atoms with Gasteiger partial charge in [-0.2, -0.15) is 0 Å². The third-order valence-electron chi connectivity index (χ3n) is 5.31. The van der Waals surface area contributed by atoms with E-state index in [1.807, 2.05) is 30.3 Å². The minimum Gasteiger partial charge on any atom is -0.493 e. The highest BCUT2D eigenvalue weighted by atomic mass is 16.5. The molecule has 1 fully saturated rings. The quantitative estimate of drug-likeness (QED) is 0.658. The van der Waals surface area contributed by atoms with Crippen molar-refractivity contribution in [3.05, 3.63) is 53.9 Å². The fourth-order valence-corrected chi connectivity index (χ4v) is 3.80. The van der Waals surface area contributed by atoms with Gasteiger partial charge in [0.15, 0.2) is 23.6 Å². The molecule has 0 atom stereocenters. The Balaban J connectivity index is 1.32. The average molecular weight is 369 g/mol. The van der Waals surface area contributed by atoms with Gasteiger partial charge in [-0.3, -0.25) is 0 Å². The van der Waals surface area contributed by atoms with Crippen LogP contribution in [0.1, 0.15) is 11.5 Å². The Morgan fingerprint density at radius 2 is 1.59 bits per heavy atom. The van der Waals surface area contributed by atoms with Crippen molar-refractivity contribution in [3.8, 4) is 11.5 Å². The van der Waals surface area contributed by atoms with Gasteiger partial charge in [-0.05, 0) is 30.3 Å². The SMILES string of the molecule is COc1ccc(C[NH+]2CC[NH+](Cc3nc4ccccc4o3)CC2)cc1OC. The predicted octanol–water partition coefficient (Wildman–Crippen LogP) is 0.329. The first-order valence-corrected chi connectivity index (χ1v) is 9.47. The molecule has 0 amide bonds. The van der Waals surface area contributed by atoms with E-state index in [4.69, 9.17) is 13.9 Å². The van der Waals surface area contributed by atoms with Gasteiger partial charge in [0.1, 0.15) is 38.2 Å². The van der Waals surface area contributed by atoms with E-state index in [1.54, 1.807) is 19.1 Å². The number of nitrogens with one attached hydrogen (secondary N) is 2. The smallest absolute Gasteiger partial charge is 0.251 e. The van der Waals surface area contributed by atoms with Gasteiger partial charge in [0, 0.05) is 5.56 Å². The monoisotopic (exact) mass is 369 g/mol. The zero-order valence-corrected chi connectivity index (χ0v) is 16.0. The van der Waals surface area contributed by atoms with Crippen LogP contribution in [-0.2, 0) is 13.1 Å². The first-order chi connectivity index (χ1) is 13.2. The molecule has 1 aliphatic heterocycles. The molecule has 1 aliphatic rings. The minimum atomic E-state index is 0.781. The molecular formula is C21H27N3O3+2. The van der Waals surface area contributed by atoms with E-state index in [0.29, 0.717) is 0 Å². The molecular weight excluding hydrogens is 342 g/mol. The van der Waals surface area contributed by atoms with Crippen LogP contribution in [0.15, 0.2) is 46.9 Å². The molecule has 6 heteroatoms. The second-order valence-corrected chi connectivity index (χ2v) is 7.12. The van der Waals surface area contributed by atoms with Gasteiger partial charge in [0.05, 0.1) is 14.2 Å². The van der Waals surface area contributed by atoms with Crippen LogP contribution in [0.25, 0.3) is 11.1 Å². The van der Waals surface area contributed by atoms with Crippen LogP contribution in [-0.4, -0.2) is 45.4 Å². The van der Waals surface area contributed by atoms with Crippen LogP contribution >= 0.6 is 0 Å². The second-order valence-electron chi connectivity index (χ2n) is 7.12. The number of para-hydroxylation sites is 2. The van der Waals surface area contributed by atoms with E-state index < -0.39 is 0 Å². The fraction of sp³-hybridized carbons (Fsp3) is 0.381. The summed E-state index contributed by atoms with van der Waals surface area (Å²) in [6.07, 6.45) is 0. The van der Waals surface area contributed by atoms with E-state index in [0.717, 1.165) is 67.8 Å². The molecule has 0 unspecified atom stereocenters. The number of benzene rings is 2. The molecule has 0 saturated carbocycles. The number of methoxy groups -OCH3 is 2. The molecule has 1 aromatic heterocycles. The van der Waals surface area contributed by atoms with Crippen molar-refractivity contribution in [2.75, 3.05) is 40.4 Å². The Kier molecular flexibility index (Phi) is 5.27. The van der Waals surface area contributed by atoms with Crippen molar-refractivity contribution in [2.24, 2.45) is 0 Å². The molecule has 2 aromatic carbocycles. The van der Waals surface area contributed by atoms with Gasteiger partial charge in [0.25, 0.3) is 5.89 Å². The number of quaternary nitrogens is 2. The Bertz CT molecular complexity index is 868. The molecule has 1 saturated heterocycles. The lowest BCUT2D eigenvalue weighted by Gasteiger charge is -2.29. The zero-order valence-electron chi connectivity index (χ0n) is 16.0. The van der Waals surface area contributed by atoms with E-state index >= 15 is 0 Å². The molecule has 2 heterocycles. The summed E-state index contributed by atoms with van der Waals surface area (Å²) in [7, 11) is 3.35. The minimum absolute atomic E-state index is 0.781. The number of nitrogens with zero attached hydrogens (tertiary/aromatic N) is 1. The van der Waals surface area contributed by atoms with Gasteiger partial charge < -0.3 is 23.7 Å². The Hall–Kier alpha value is -2.57. The lowest BCUT2D eigenvalue weighted by molar-refractivity contribution is -1.02. The summed E-state index contributed by atoms with van der Waals surface area (Å²) in [6, 6.07) is 14.2. The van der Waals surface area contributed by atoms with Gasteiger partial charge in [-0.25, -0.2) is 4.98 Å². The maximum atomic E-state index is 5.88. The highest BCUT2D eigenvalue weighted by Gasteiger charge is 2.25. The summed E-state index contributed by atoms with van der Waals surface area (Å²) in [4.78, 5) is 7.75. The molecule has 0 aliphatic carbocycles. The molecule has 142 valence electrons. The molecule has 3 aromatic rings. The van der Waals surface area contributed by atoms with E-state index in [2.05, 4.69) is 17.1 Å². The lowest BCUT2D eigenvalue weighted by Crippen LogP contribution is -3.27. The molecule has 0 spiro atoms. The first-order valence-electron chi connectivity index (χ1n) is 9.47. The molecule has 0 bridgehead atoms. The largest absolute Gasteiger partial charge is 0.493 e. The second kappa shape index (κ2) is 7.98. The summed E-state index contributed by atoms with van der Waals surface area (Å²) < 4.78 is 16.6. The molecule has 6 nitrogen and oxygen atoms in total. The maximum absolute atomic E-state index is 5.88. The Labute approximate surface area is 159 Å². The van der Waals surface area contributed by atoms with Crippen LogP contribution in [0.4, 0.5) is 0 Å². The molecule has 27 heavy (non-hydrogen) atoms. The number of ether oxygens (including phenoxy) is 2. The number of rotatable bonds is 6. The summed E-state index contributed by atoms with van der Waals surface area (Å²) in [5.74, 6) is 2.42. The van der Waals surface area contributed by atoms with Crippen molar-refractivity contribution >= 4 is 11.1 Å². The predicted molar refractivity (Wildman–Crippen MR) is 102 cm³/mol. The summed E-state index contributed by atoms with van der Waals surface area (Å²) >= 11 is 0. The third kappa shape index (κ3) is 4.07. The number of hydrogen-bond donors (Lipinski definition) is 2. The average Bonchev–Trinajstić information content (AvgIpc) is 3.11. The summed E-state index contributed by atoms with van der Waals surface area (Å²) in [5.41, 5.74) is 3.11. The zero-order chi connectivity index (χ0) is 18.6. The highest BCUT2D eigenvalue weighted by Crippen LogP contribution is 2.27. The van der Waals surface area contributed by atoms with Crippen LogP contribution in [0.2, 0.25) is 0 Å². The molecule has 4 rings (SSSR count). The van der Waals surface area contributed by atoms with Crippen molar-refractivity contribution in [1.29, 1.82) is 0 Å². The summed E-state index contributed by atoms with van der Waals surface area (Å²) in [6.45, 7) is 6.41. The Morgan fingerprint density at radius 1 is 0.889 bits per heavy atom. The van der Waals surface area contributed by atoms with E-state index in [1.165, 1.54) is 10.5 Å². The third-order valence-corrected chi connectivity index (χ3v) is 5.31. The number of hydrogen-bond acceptors (Lipinski definition) is 4. The number of piperazine rings is 1. The van der Waals surface area contributed by atoms with Gasteiger partial charge >= 0.3 is 0 Å². The van der Waals surface area contributed by atoms with Gasteiger partial charge in [-0.15, -0.1) is 0 Å². The van der Waals surface area contributed by atoms with E-state index in [-0.39, 0.29) is 0 Å². The number of oxazole rings is 1. The van der Waals surface area contributed by atoms with Crippen LogP contribution in [0, 0.1) is 0 Å². The standard InChI is InChI=1S/C21H25N3O3/c1-25-19-8-7-16(13-20(19)26-2)14-23-9-11-24(12-10-23)15-21-22-17-5-3-4-6-18(17)27-21/h3-8,13H,9-12,14-15H2,1-2H3/p+2. The van der Waals surface area contributed by atoms with Crippen molar-refractivity contribution < 1.29 is 23.7 Å². The van der Waals surface area contributed by atoms with Gasteiger partial charge in [0.2, 0.25) is 0 Å². The van der Waals surface area contributed by atoms with Crippen molar-refractivity contribution in [1.82, 2.24) is 4.98 Å². The topological polar surface area (TPSA) is 53.4 Å². The summed E-state index contributed by atoms with van der Waals surface area (Å²) in [5, 5.41) is 0. The van der Waals surface area contributed by atoms with Crippen LogP contribution in [0.5, 0.6) is 11.5 Å². The fourth-order valence-electron chi connectivity index (χ4n) is 3.80. The van der Waals surface area contributed by atoms with Crippen LogP contribution in [0.3, 0.4) is 0 Å². The normalized spacial score (nSPS) is 19.9. The number of fused-ring (bicyclic) bond motifs is 1. The Morgan fingerprint density at radius 3 is 2.30 bits per heavy atom. The first kappa shape index (κ1) is 17.8. The highest BCUT2D eigenvalue weighted by molar-refractivity contribution is 5.72. The van der Waals surface area contributed by atoms with Crippen LogP contribution < -0.4 is 19.3 Å². The number of aromatic nitrogens is 1. The van der Waals surface area contributed by atoms with Crippen molar-refractivity contribution in [3.63, 3.8) is 0 Å². The maximum Gasteiger partial charge on any atom is 0.251 e. The molecule has 2 N–H and O–H groups in total. The van der Waals surface area contributed by atoms with Crippen molar-refractivity contribution in [2.45, 2.75) is 13.1 Å². The van der Waals surface area contributed by atoms with E-state index in [9.17, 15) is 0 Å². The lowest BCUT2D eigenvalue weighted by atomic mass is 10.1. The van der Waals surface area contributed by atoms with Gasteiger partial charge in [-0.1, -0.05) is 12.1 Å².